The Balaban J connectivity index is 1.80. The highest BCUT2D eigenvalue weighted by molar-refractivity contribution is 5.88. The standard InChI is InChI=1S/C27H32N4O4/c1-18(2)16-31-25-24(26(33)30(3)27(31)34)28-21(13-5-4-8-15-32)22(29-25)17-35-23-14-9-11-19-10-6-7-12-20(19)23/h6-7,9-12,14,18,32H,4-5,8,13,15-17H2,1-3H3. The lowest BCUT2D eigenvalue weighted by Crippen LogP contribution is -2.40. The van der Waals surface area contributed by atoms with E-state index in [4.69, 9.17) is 19.8 Å². The van der Waals surface area contributed by atoms with Crippen LogP contribution in [0, 0.1) is 5.92 Å². The minimum atomic E-state index is -0.448. The molecule has 184 valence electrons. The summed E-state index contributed by atoms with van der Waals surface area (Å²) < 4.78 is 8.85. The molecule has 0 bridgehead atoms. The molecule has 0 aliphatic carbocycles. The molecule has 0 fully saturated rings. The molecule has 35 heavy (non-hydrogen) atoms. The Morgan fingerprint density at radius 2 is 1.74 bits per heavy atom. The van der Waals surface area contributed by atoms with Crippen molar-refractivity contribution in [1.82, 2.24) is 19.1 Å². The summed E-state index contributed by atoms with van der Waals surface area (Å²) in [5, 5.41) is 11.2. The van der Waals surface area contributed by atoms with Gasteiger partial charge >= 0.3 is 5.69 Å². The van der Waals surface area contributed by atoms with Gasteiger partial charge in [-0.15, -0.1) is 0 Å². The molecule has 4 aromatic rings. The molecule has 0 atom stereocenters. The van der Waals surface area contributed by atoms with Gasteiger partial charge in [-0.25, -0.2) is 14.8 Å². The van der Waals surface area contributed by atoms with Gasteiger partial charge in [0, 0.05) is 25.6 Å². The molecule has 2 aromatic carbocycles. The van der Waals surface area contributed by atoms with Crippen LogP contribution in [0.3, 0.4) is 0 Å². The van der Waals surface area contributed by atoms with E-state index in [0.717, 1.165) is 33.9 Å². The third-order valence-corrected chi connectivity index (χ3v) is 6.05. The van der Waals surface area contributed by atoms with E-state index < -0.39 is 11.2 Å². The molecule has 0 aliphatic rings. The Bertz CT molecular complexity index is 1450. The zero-order valence-electron chi connectivity index (χ0n) is 20.5. The number of aryl methyl sites for hydroxylation is 1. The molecule has 0 amide bonds. The fraction of sp³-hybridized carbons (Fsp3) is 0.407. The average molecular weight is 477 g/mol. The van der Waals surface area contributed by atoms with Crippen LogP contribution in [0.4, 0.5) is 0 Å². The van der Waals surface area contributed by atoms with Crippen molar-refractivity contribution in [1.29, 1.82) is 0 Å². The van der Waals surface area contributed by atoms with Gasteiger partial charge in [-0.1, -0.05) is 56.7 Å². The zero-order valence-corrected chi connectivity index (χ0v) is 20.5. The number of rotatable bonds is 10. The van der Waals surface area contributed by atoms with E-state index in [0.29, 0.717) is 36.4 Å². The number of aliphatic hydroxyl groups excluding tert-OH is 1. The Morgan fingerprint density at radius 1 is 0.971 bits per heavy atom. The molecule has 4 rings (SSSR count). The highest BCUT2D eigenvalue weighted by Gasteiger charge is 2.19. The van der Waals surface area contributed by atoms with Gasteiger partial charge in [0.25, 0.3) is 5.56 Å². The molecule has 8 heteroatoms. The van der Waals surface area contributed by atoms with Crippen molar-refractivity contribution in [2.24, 2.45) is 13.0 Å². The van der Waals surface area contributed by atoms with Crippen LogP contribution in [0.2, 0.25) is 0 Å². The predicted octanol–water partition coefficient (Wildman–Crippen LogP) is 3.58. The van der Waals surface area contributed by atoms with Crippen LogP contribution in [0.25, 0.3) is 21.9 Å². The number of hydrogen-bond acceptors (Lipinski definition) is 6. The first-order chi connectivity index (χ1) is 16.9. The van der Waals surface area contributed by atoms with E-state index >= 15 is 0 Å². The quantitative estimate of drug-likeness (QED) is 0.351. The molecule has 0 aliphatic heterocycles. The molecular formula is C27H32N4O4. The van der Waals surface area contributed by atoms with Crippen molar-refractivity contribution in [3.8, 4) is 5.75 Å². The van der Waals surface area contributed by atoms with Crippen molar-refractivity contribution >= 4 is 21.9 Å². The number of aromatic nitrogens is 4. The maximum atomic E-state index is 12.9. The molecule has 0 saturated heterocycles. The van der Waals surface area contributed by atoms with Gasteiger partial charge < -0.3 is 9.84 Å². The largest absolute Gasteiger partial charge is 0.487 e. The van der Waals surface area contributed by atoms with Gasteiger partial charge in [-0.3, -0.25) is 13.9 Å². The first kappa shape index (κ1) is 24.6. The summed E-state index contributed by atoms with van der Waals surface area (Å²) in [4.78, 5) is 35.4. The third-order valence-electron chi connectivity index (χ3n) is 6.05. The summed E-state index contributed by atoms with van der Waals surface area (Å²) in [6.07, 6.45) is 2.95. The van der Waals surface area contributed by atoms with Gasteiger partial charge in [0.2, 0.25) is 0 Å². The molecular weight excluding hydrogens is 444 g/mol. The third kappa shape index (κ3) is 5.27. The predicted molar refractivity (Wildman–Crippen MR) is 137 cm³/mol. The van der Waals surface area contributed by atoms with Crippen molar-refractivity contribution in [3.63, 3.8) is 0 Å². The molecule has 0 unspecified atom stereocenters. The maximum Gasteiger partial charge on any atom is 0.332 e. The summed E-state index contributed by atoms with van der Waals surface area (Å²) in [5.74, 6) is 0.920. The number of unbranched alkanes of at least 4 members (excludes halogenated alkanes) is 2. The lowest BCUT2D eigenvalue weighted by Gasteiger charge is -2.16. The lowest BCUT2D eigenvalue weighted by molar-refractivity contribution is 0.282. The fourth-order valence-corrected chi connectivity index (χ4v) is 4.24. The van der Waals surface area contributed by atoms with Crippen LogP contribution in [0.5, 0.6) is 5.75 Å². The van der Waals surface area contributed by atoms with Gasteiger partial charge in [0.05, 0.1) is 5.69 Å². The van der Waals surface area contributed by atoms with Crippen LogP contribution in [-0.4, -0.2) is 30.8 Å². The van der Waals surface area contributed by atoms with Crippen molar-refractivity contribution < 1.29 is 9.84 Å². The van der Waals surface area contributed by atoms with Gasteiger partial charge in [-0.2, -0.15) is 0 Å². The minimum Gasteiger partial charge on any atom is -0.487 e. The second-order valence-electron chi connectivity index (χ2n) is 9.24. The first-order valence-corrected chi connectivity index (χ1v) is 12.1. The number of aliphatic hydroxyl groups is 1. The summed E-state index contributed by atoms with van der Waals surface area (Å²) in [7, 11) is 1.47. The van der Waals surface area contributed by atoms with E-state index in [2.05, 4.69) is 0 Å². The van der Waals surface area contributed by atoms with Crippen molar-refractivity contribution in [3.05, 3.63) is 74.7 Å². The average Bonchev–Trinajstić information content (AvgIpc) is 2.86. The maximum absolute atomic E-state index is 12.9. The Morgan fingerprint density at radius 3 is 2.51 bits per heavy atom. The zero-order chi connectivity index (χ0) is 24.9. The van der Waals surface area contributed by atoms with Crippen LogP contribution in [0.1, 0.15) is 44.5 Å². The van der Waals surface area contributed by atoms with Crippen LogP contribution in [-0.2, 0) is 26.6 Å². The van der Waals surface area contributed by atoms with Gasteiger partial charge in [0.1, 0.15) is 18.1 Å². The van der Waals surface area contributed by atoms with E-state index in [9.17, 15) is 9.59 Å². The van der Waals surface area contributed by atoms with Crippen molar-refractivity contribution in [2.45, 2.75) is 52.7 Å². The fourth-order valence-electron chi connectivity index (χ4n) is 4.24. The van der Waals surface area contributed by atoms with Crippen LogP contribution < -0.4 is 16.0 Å². The Labute approximate surface area is 203 Å². The highest BCUT2D eigenvalue weighted by Crippen LogP contribution is 2.26. The molecule has 0 radical (unpaired) electrons. The molecule has 2 aromatic heterocycles. The van der Waals surface area contributed by atoms with E-state index in [1.165, 1.54) is 11.6 Å². The number of fused-ring (bicyclic) bond motifs is 2. The van der Waals surface area contributed by atoms with Crippen LogP contribution in [0.15, 0.2) is 52.1 Å². The molecule has 0 spiro atoms. The number of benzene rings is 2. The first-order valence-electron chi connectivity index (χ1n) is 12.1. The van der Waals surface area contributed by atoms with E-state index in [1.54, 1.807) is 0 Å². The summed E-state index contributed by atoms with van der Waals surface area (Å²) in [6, 6.07) is 13.9. The highest BCUT2D eigenvalue weighted by atomic mass is 16.5. The smallest absolute Gasteiger partial charge is 0.332 e. The number of hydrogen-bond donors (Lipinski definition) is 1. The topological polar surface area (TPSA) is 99.2 Å². The molecule has 2 heterocycles. The molecule has 8 nitrogen and oxygen atoms in total. The number of ether oxygens (including phenoxy) is 1. The monoisotopic (exact) mass is 476 g/mol. The Kier molecular flexibility index (Phi) is 7.60. The SMILES string of the molecule is CC(C)Cn1c(=O)n(C)c(=O)c2nc(CCCCCO)c(COc3cccc4ccccc34)nc21. The van der Waals surface area contributed by atoms with Crippen LogP contribution >= 0.6 is 0 Å². The van der Waals surface area contributed by atoms with Gasteiger partial charge in [-0.05, 0) is 36.6 Å². The second kappa shape index (κ2) is 10.8. The second-order valence-corrected chi connectivity index (χ2v) is 9.24. The molecule has 0 saturated carbocycles. The van der Waals surface area contributed by atoms with Gasteiger partial charge in [0.15, 0.2) is 11.2 Å². The minimum absolute atomic E-state index is 0.141. The Hall–Kier alpha value is -3.52. The summed E-state index contributed by atoms with van der Waals surface area (Å²) in [6.45, 7) is 4.76. The number of nitrogens with zero attached hydrogens (tertiary/aromatic N) is 4. The lowest BCUT2D eigenvalue weighted by atomic mass is 10.1. The molecule has 1 N–H and O–H groups in total. The normalized spacial score (nSPS) is 11.6. The van der Waals surface area contributed by atoms with Crippen molar-refractivity contribution in [2.75, 3.05) is 6.61 Å². The van der Waals surface area contributed by atoms with E-state index in [1.807, 2.05) is 56.3 Å². The van der Waals surface area contributed by atoms with E-state index in [-0.39, 0.29) is 24.6 Å². The summed E-state index contributed by atoms with van der Waals surface area (Å²) in [5.41, 5.74) is 0.932. The summed E-state index contributed by atoms with van der Waals surface area (Å²) >= 11 is 0.